The second kappa shape index (κ2) is 5.87. The zero-order valence-corrected chi connectivity index (χ0v) is 12.1. The highest BCUT2D eigenvalue weighted by Crippen LogP contribution is 2.21. The summed E-state index contributed by atoms with van der Waals surface area (Å²) < 4.78 is 0. The second-order valence-electron chi connectivity index (χ2n) is 4.87. The number of amides is 3. The molecule has 110 valence electrons. The molecule has 2 aliphatic heterocycles. The fourth-order valence-corrected chi connectivity index (χ4v) is 3.36. The van der Waals surface area contributed by atoms with Gasteiger partial charge in [0.05, 0.1) is 17.2 Å². The van der Waals surface area contributed by atoms with Crippen LogP contribution in [-0.2, 0) is 4.79 Å². The molecule has 2 N–H and O–H groups in total. The normalized spacial score (nSPS) is 20.8. The zero-order valence-electron chi connectivity index (χ0n) is 11.3. The first-order valence-electron chi connectivity index (χ1n) is 6.72. The lowest BCUT2D eigenvalue weighted by molar-refractivity contribution is -0.122. The van der Waals surface area contributed by atoms with Gasteiger partial charge in [-0.1, -0.05) is 12.1 Å². The summed E-state index contributed by atoms with van der Waals surface area (Å²) in [5.41, 5.74) is 0.866. The molecule has 0 aromatic heterocycles. The zero-order chi connectivity index (χ0) is 14.8. The number of hydrogen-bond donors (Lipinski definition) is 2. The lowest BCUT2D eigenvalue weighted by Crippen LogP contribution is -2.45. The summed E-state index contributed by atoms with van der Waals surface area (Å²) in [5.74, 6) is 0.852. The van der Waals surface area contributed by atoms with Gasteiger partial charge in [0.1, 0.15) is 0 Å². The first-order valence-corrected chi connectivity index (χ1v) is 7.88. The SMILES string of the molecule is O=C(NCCN1C(=O)c2ccccc2C1=O)C1CSCN1. The summed E-state index contributed by atoms with van der Waals surface area (Å²) in [4.78, 5) is 37.2. The van der Waals surface area contributed by atoms with Crippen LogP contribution in [0, 0.1) is 0 Å². The maximum Gasteiger partial charge on any atom is 0.261 e. The van der Waals surface area contributed by atoms with Crippen molar-refractivity contribution >= 4 is 29.5 Å². The Kier molecular flexibility index (Phi) is 3.94. The minimum absolute atomic E-state index is 0.0865. The van der Waals surface area contributed by atoms with Gasteiger partial charge in [-0.25, -0.2) is 0 Å². The molecule has 1 unspecified atom stereocenters. The number of nitrogens with one attached hydrogen (secondary N) is 2. The van der Waals surface area contributed by atoms with Crippen LogP contribution in [0.3, 0.4) is 0 Å². The summed E-state index contributed by atoms with van der Waals surface area (Å²) in [6, 6.07) is 6.58. The highest BCUT2D eigenvalue weighted by atomic mass is 32.2. The van der Waals surface area contributed by atoms with Gasteiger partial charge in [0.25, 0.3) is 11.8 Å². The Bertz CT molecular complexity index is 564. The quantitative estimate of drug-likeness (QED) is 0.769. The molecule has 7 heteroatoms. The molecule has 0 radical (unpaired) electrons. The van der Waals surface area contributed by atoms with Crippen LogP contribution < -0.4 is 10.6 Å². The average molecular weight is 305 g/mol. The summed E-state index contributed by atoms with van der Waals surface area (Å²) in [6.45, 7) is 0.463. The Labute approximate surface area is 126 Å². The number of imide groups is 1. The van der Waals surface area contributed by atoms with Gasteiger partial charge in [-0.2, -0.15) is 0 Å². The first kappa shape index (κ1) is 14.1. The molecule has 1 fully saturated rings. The Hall–Kier alpha value is -1.86. The van der Waals surface area contributed by atoms with Crippen molar-refractivity contribution in [3.63, 3.8) is 0 Å². The third-order valence-electron chi connectivity index (χ3n) is 3.55. The number of nitrogens with zero attached hydrogens (tertiary/aromatic N) is 1. The van der Waals surface area contributed by atoms with Crippen LogP contribution in [0.15, 0.2) is 24.3 Å². The van der Waals surface area contributed by atoms with E-state index in [0.717, 1.165) is 11.6 Å². The van der Waals surface area contributed by atoms with E-state index < -0.39 is 0 Å². The van der Waals surface area contributed by atoms with Crippen LogP contribution in [-0.4, -0.2) is 53.4 Å². The van der Waals surface area contributed by atoms with Crippen molar-refractivity contribution in [3.05, 3.63) is 35.4 Å². The number of thioether (sulfide) groups is 1. The maximum atomic E-state index is 12.1. The summed E-state index contributed by atoms with van der Waals surface area (Å²) in [5, 5.41) is 5.83. The van der Waals surface area contributed by atoms with Gasteiger partial charge in [-0.15, -0.1) is 11.8 Å². The Morgan fingerprint density at radius 2 is 1.95 bits per heavy atom. The number of rotatable bonds is 4. The van der Waals surface area contributed by atoms with E-state index in [0.29, 0.717) is 11.1 Å². The fraction of sp³-hybridized carbons (Fsp3) is 0.357. The van der Waals surface area contributed by atoms with Crippen molar-refractivity contribution in [2.24, 2.45) is 0 Å². The molecule has 6 nitrogen and oxygen atoms in total. The van der Waals surface area contributed by atoms with Gasteiger partial charge in [0.15, 0.2) is 0 Å². The molecule has 1 saturated heterocycles. The Morgan fingerprint density at radius 3 is 2.52 bits per heavy atom. The molecule has 0 aliphatic carbocycles. The van der Waals surface area contributed by atoms with Gasteiger partial charge in [0, 0.05) is 24.7 Å². The van der Waals surface area contributed by atoms with E-state index in [-0.39, 0.29) is 36.9 Å². The molecule has 3 rings (SSSR count). The van der Waals surface area contributed by atoms with Crippen molar-refractivity contribution in [3.8, 4) is 0 Å². The van der Waals surface area contributed by atoms with Gasteiger partial charge in [0.2, 0.25) is 5.91 Å². The Morgan fingerprint density at radius 1 is 1.29 bits per heavy atom. The lowest BCUT2D eigenvalue weighted by atomic mass is 10.1. The van der Waals surface area contributed by atoms with E-state index in [4.69, 9.17) is 0 Å². The van der Waals surface area contributed by atoms with Crippen molar-refractivity contribution in [2.45, 2.75) is 6.04 Å². The predicted octanol–water partition coefficient (Wildman–Crippen LogP) is 0.0613. The molecule has 0 saturated carbocycles. The number of carbonyl (C=O) groups is 3. The minimum Gasteiger partial charge on any atom is -0.353 e. The minimum atomic E-state index is -0.292. The first-order chi connectivity index (χ1) is 10.2. The highest BCUT2D eigenvalue weighted by Gasteiger charge is 2.34. The molecular weight excluding hydrogens is 290 g/mol. The van der Waals surface area contributed by atoms with E-state index in [2.05, 4.69) is 10.6 Å². The van der Waals surface area contributed by atoms with Gasteiger partial charge >= 0.3 is 0 Å². The van der Waals surface area contributed by atoms with Crippen LogP contribution in [0.25, 0.3) is 0 Å². The van der Waals surface area contributed by atoms with Crippen LogP contribution in [0.5, 0.6) is 0 Å². The molecular formula is C14H15N3O3S. The number of benzene rings is 1. The molecule has 3 amide bonds. The highest BCUT2D eigenvalue weighted by molar-refractivity contribution is 7.99. The summed E-state index contributed by atoms with van der Waals surface area (Å²) in [7, 11) is 0. The molecule has 0 spiro atoms. The molecule has 0 bridgehead atoms. The van der Waals surface area contributed by atoms with E-state index in [9.17, 15) is 14.4 Å². The van der Waals surface area contributed by atoms with E-state index >= 15 is 0 Å². The van der Waals surface area contributed by atoms with E-state index in [1.807, 2.05) is 0 Å². The van der Waals surface area contributed by atoms with Crippen molar-refractivity contribution in [2.75, 3.05) is 24.7 Å². The van der Waals surface area contributed by atoms with Crippen molar-refractivity contribution < 1.29 is 14.4 Å². The van der Waals surface area contributed by atoms with Crippen LogP contribution in [0.2, 0.25) is 0 Å². The molecule has 1 atom stereocenters. The maximum absolute atomic E-state index is 12.1. The molecule has 1 aromatic rings. The van der Waals surface area contributed by atoms with Crippen molar-refractivity contribution in [1.29, 1.82) is 0 Å². The Balaban J connectivity index is 1.56. The number of fused-ring (bicyclic) bond motifs is 1. The third-order valence-corrected chi connectivity index (χ3v) is 4.49. The lowest BCUT2D eigenvalue weighted by Gasteiger charge is -2.15. The van der Waals surface area contributed by atoms with Crippen LogP contribution in [0.4, 0.5) is 0 Å². The molecule has 2 heterocycles. The number of carbonyl (C=O) groups excluding carboxylic acids is 3. The molecule has 21 heavy (non-hydrogen) atoms. The van der Waals surface area contributed by atoms with Crippen LogP contribution >= 0.6 is 11.8 Å². The van der Waals surface area contributed by atoms with E-state index in [1.54, 1.807) is 36.0 Å². The smallest absolute Gasteiger partial charge is 0.261 e. The number of hydrogen-bond acceptors (Lipinski definition) is 5. The van der Waals surface area contributed by atoms with Gasteiger partial charge in [-0.3, -0.25) is 24.6 Å². The second-order valence-corrected chi connectivity index (χ2v) is 5.90. The molecule has 2 aliphatic rings. The topological polar surface area (TPSA) is 78.5 Å². The fourth-order valence-electron chi connectivity index (χ4n) is 2.42. The van der Waals surface area contributed by atoms with E-state index in [1.165, 1.54) is 4.90 Å². The van der Waals surface area contributed by atoms with Crippen molar-refractivity contribution in [1.82, 2.24) is 15.5 Å². The monoisotopic (exact) mass is 305 g/mol. The van der Waals surface area contributed by atoms with Gasteiger partial charge in [-0.05, 0) is 12.1 Å². The van der Waals surface area contributed by atoms with Gasteiger partial charge < -0.3 is 5.32 Å². The largest absolute Gasteiger partial charge is 0.353 e. The van der Waals surface area contributed by atoms with Crippen LogP contribution in [0.1, 0.15) is 20.7 Å². The summed E-state index contributed by atoms with van der Waals surface area (Å²) >= 11 is 1.67. The molecule has 1 aromatic carbocycles. The standard InChI is InChI=1S/C14H15N3O3S/c18-12(11-7-21-8-16-11)15-5-6-17-13(19)9-3-1-2-4-10(9)14(17)20/h1-4,11,16H,5-8H2,(H,15,18). The predicted molar refractivity (Wildman–Crippen MR) is 79.1 cm³/mol. The average Bonchev–Trinajstić information content (AvgIpc) is 3.11. The third kappa shape index (κ3) is 2.66. The summed E-state index contributed by atoms with van der Waals surface area (Å²) in [6.07, 6.45) is 0.